The topological polar surface area (TPSA) is 58.6 Å². The average Bonchev–Trinajstić information content (AvgIpc) is 2.36. The molecule has 1 rings (SSSR count). The maximum absolute atomic E-state index is 11.5. The maximum atomic E-state index is 11.5. The lowest BCUT2D eigenvalue weighted by Crippen LogP contribution is -2.47. The van der Waals surface area contributed by atoms with Gasteiger partial charge in [-0.3, -0.25) is 4.79 Å². The highest BCUT2D eigenvalue weighted by molar-refractivity contribution is 5.70. The SMILES string of the molecule is COC(=O)CC(NC(C)(C)C)C(O)c1ccc(C)cc1. The lowest BCUT2D eigenvalue weighted by atomic mass is 9.96. The highest BCUT2D eigenvalue weighted by Crippen LogP contribution is 2.22. The van der Waals surface area contributed by atoms with Crippen LogP contribution in [-0.4, -0.2) is 29.8 Å². The van der Waals surface area contributed by atoms with Gasteiger partial charge in [0, 0.05) is 11.6 Å². The van der Waals surface area contributed by atoms with E-state index in [4.69, 9.17) is 4.74 Å². The number of carbonyl (C=O) groups excluding carboxylic acids is 1. The number of esters is 1. The van der Waals surface area contributed by atoms with E-state index in [2.05, 4.69) is 5.32 Å². The van der Waals surface area contributed by atoms with Gasteiger partial charge in [0.15, 0.2) is 0 Å². The normalized spacial score (nSPS) is 14.7. The first-order chi connectivity index (χ1) is 9.23. The highest BCUT2D eigenvalue weighted by Gasteiger charge is 2.27. The van der Waals surface area contributed by atoms with Crippen LogP contribution < -0.4 is 5.32 Å². The second-order valence-corrected chi connectivity index (χ2v) is 6.14. The number of nitrogens with one attached hydrogen (secondary N) is 1. The number of aryl methyl sites for hydroxylation is 1. The van der Waals surface area contributed by atoms with Crippen LogP contribution in [0, 0.1) is 6.92 Å². The molecule has 1 aromatic carbocycles. The maximum Gasteiger partial charge on any atom is 0.307 e. The third kappa shape index (κ3) is 5.31. The Hall–Kier alpha value is -1.39. The molecule has 112 valence electrons. The standard InChI is InChI=1S/C16H25NO3/c1-11-6-8-12(9-7-11)15(19)13(10-14(18)20-5)17-16(2,3)4/h6-9,13,15,17,19H,10H2,1-5H3. The van der Waals surface area contributed by atoms with Crippen molar-refractivity contribution in [3.63, 3.8) is 0 Å². The minimum Gasteiger partial charge on any atom is -0.469 e. The number of hydrogen-bond donors (Lipinski definition) is 2. The first-order valence-electron chi connectivity index (χ1n) is 6.82. The molecule has 0 heterocycles. The fourth-order valence-corrected chi connectivity index (χ4v) is 2.06. The van der Waals surface area contributed by atoms with Gasteiger partial charge < -0.3 is 15.2 Å². The Balaban J connectivity index is 2.90. The van der Waals surface area contributed by atoms with Crippen molar-refractivity contribution in [1.82, 2.24) is 5.32 Å². The van der Waals surface area contributed by atoms with Crippen LogP contribution in [0.3, 0.4) is 0 Å². The number of rotatable bonds is 5. The van der Waals surface area contributed by atoms with Crippen molar-refractivity contribution in [3.05, 3.63) is 35.4 Å². The molecule has 1 aromatic rings. The molecule has 4 heteroatoms. The minimum absolute atomic E-state index is 0.128. The van der Waals surface area contributed by atoms with Gasteiger partial charge in [-0.25, -0.2) is 0 Å². The average molecular weight is 279 g/mol. The summed E-state index contributed by atoms with van der Waals surface area (Å²) < 4.78 is 4.71. The minimum atomic E-state index is -0.756. The lowest BCUT2D eigenvalue weighted by molar-refractivity contribution is -0.142. The fourth-order valence-electron chi connectivity index (χ4n) is 2.06. The fraction of sp³-hybridized carbons (Fsp3) is 0.562. The molecular weight excluding hydrogens is 254 g/mol. The van der Waals surface area contributed by atoms with Crippen molar-refractivity contribution in [2.75, 3.05) is 7.11 Å². The van der Waals surface area contributed by atoms with E-state index in [9.17, 15) is 9.90 Å². The summed E-state index contributed by atoms with van der Waals surface area (Å²) in [7, 11) is 1.36. The van der Waals surface area contributed by atoms with E-state index in [0.29, 0.717) is 0 Å². The first-order valence-corrected chi connectivity index (χ1v) is 6.82. The summed E-state index contributed by atoms with van der Waals surface area (Å²) in [5.74, 6) is -0.335. The first kappa shape index (κ1) is 16.7. The Morgan fingerprint density at radius 1 is 1.30 bits per heavy atom. The Kier molecular flexibility index (Phi) is 5.72. The van der Waals surface area contributed by atoms with Crippen molar-refractivity contribution in [3.8, 4) is 0 Å². The molecule has 0 amide bonds. The number of methoxy groups -OCH3 is 1. The summed E-state index contributed by atoms with van der Waals surface area (Å²) >= 11 is 0. The van der Waals surface area contributed by atoms with Crippen molar-refractivity contribution < 1.29 is 14.6 Å². The predicted octanol–water partition coefficient (Wildman–Crippen LogP) is 2.35. The predicted molar refractivity (Wildman–Crippen MR) is 79.4 cm³/mol. The van der Waals surface area contributed by atoms with E-state index in [-0.39, 0.29) is 24.0 Å². The summed E-state index contributed by atoms with van der Waals surface area (Å²) in [6, 6.07) is 7.28. The largest absolute Gasteiger partial charge is 0.469 e. The van der Waals surface area contributed by atoms with Crippen LogP contribution in [0.2, 0.25) is 0 Å². The third-order valence-corrected chi connectivity index (χ3v) is 3.03. The molecule has 0 radical (unpaired) electrons. The number of aliphatic hydroxyl groups excluding tert-OH is 1. The summed E-state index contributed by atoms with van der Waals surface area (Å²) in [5, 5.41) is 13.8. The molecule has 0 aromatic heterocycles. The second kappa shape index (κ2) is 6.86. The second-order valence-electron chi connectivity index (χ2n) is 6.14. The molecule has 0 fully saturated rings. The van der Waals surface area contributed by atoms with Crippen molar-refractivity contribution in [1.29, 1.82) is 0 Å². The molecule has 0 bridgehead atoms. The van der Waals surface area contributed by atoms with E-state index in [1.165, 1.54) is 7.11 Å². The van der Waals surface area contributed by atoms with Crippen molar-refractivity contribution in [2.45, 2.75) is 51.8 Å². The number of aliphatic hydroxyl groups is 1. The summed E-state index contributed by atoms with van der Waals surface area (Å²) in [4.78, 5) is 11.5. The Labute approximate surface area is 121 Å². The molecule has 0 aliphatic carbocycles. The van der Waals surface area contributed by atoms with E-state index < -0.39 is 6.10 Å². The van der Waals surface area contributed by atoms with Crippen LogP contribution >= 0.6 is 0 Å². The molecule has 2 atom stereocenters. The summed E-state index contributed by atoms with van der Waals surface area (Å²) in [5.41, 5.74) is 1.72. The highest BCUT2D eigenvalue weighted by atomic mass is 16.5. The summed E-state index contributed by atoms with van der Waals surface area (Å²) in [6.07, 6.45) is -0.628. The van der Waals surface area contributed by atoms with Gasteiger partial charge in [0.2, 0.25) is 0 Å². The van der Waals surface area contributed by atoms with Gasteiger partial charge in [0.05, 0.1) is 19.6 Å². The molecule has 0 spiro atoms. The number of ether oxygens (including phenoxy) is 1. The molecule has 0 saturated heterocycles. The monoisotopic (exact) mass is 279 g/mol. The molecule has 0 saturated carbocycles. The zero-order chi connectivity index (χ0) is 15.3. The smallest absolute Gasteiger partial charge is 0.307 e. The molecule has 2 N–H and O–H groups in total. The van der Waals surface area contributed by atoms with E-state index in [1.807, 2.05) is 52.0 Å². The van der Waals surface area contributed by atoms with Gasteiger partial charge in [-0.15, -0.1) is 0 Å². The van der Waals surface area contributed by atoms with E-state index in [0.717, 1.165) is 11.1 Å². The molecule has 0 aliphatic heterocycles. The van der Waals surface area contributed by atoms with Gasteiger partial charge in [0.1, 0.15) is 0 Å². The van der Waals surface area contributed by atoms with Crippen LogP contribution in [0.15, 0.2) is 24.3 Å². The molecule has 2 unspecified atom stereocenters. The van der Waals surface area contributed by atoms with Gasteiger partial charge in [-0.1, -0.05) is 29.8 Å². The van der Waals surface area contributed by atoms with Crippen molar-refractivity contribution >= 4 is 5.97 Å². The zero-order valence-electron chi connectivity index (χ0n) is 12.9. The Bertz CT molecular complexity index is 434. The molecule has 20 heavy (non-hydrogen) atoms. The zero-order valence-corrected chi connectivity index (χ0v) is 12.9. The van der Waals surface area contributed by atoms with E-state index in [1.54, 1.807) is 0 Å². The van der Waals surface area contributed by atoms with Crippen LogP contribution in [-0.2, 0) is 9.53 Å². The Morgan fingerprint density at radius 2 is 1.85 bits per heavy atom. The third-order valence-electron chi connectivity index (χ3n) is 3.03. The molecule has 4 nitrogen and oxygen atoms in total. The van der Waals surface area contributed by atoms with Gasteiger partial charge >= 0.3 is 5.97 Å². The molecule has 0 aliphatic rings. The summed E-state index contributed by atoms with van der Waals surface area (Å²) in [6.45, 7) is 7.99. The lowest BCUT2D eigenvalue weighted by Gasteiger charge is -2.31. The quantitative estimate of drug-likeness (QED) is 0.812. The van der Waals surface area contributed by atoms with E-state index >= 15 is 0 Å². The number of carbonyl (C=O) groups is 1. The van der Waals surface area contributed by atoms with Gasteiger partial charge in [0.25, 0.3) is 0 Å². The number of benzene rings is 1. The van der Waals surface area contributed by atoms with Gasteiger partial charge in [-0.2, -0.15) is 0 Å². The van der Waals surface area contributed by atoms with Crippen LogP contribution in [0.25, 0.3) is 0 Å². The molecular formula is C16H25NO3. The van der Waals surface area contributed by atoms with Gasteiger partial charge in [-0.05, 0) is 33.3 Å². The van der Waals surface area contributed by atoms with Crippen LogP contribution in [0.5, 0.6) is 0 Å². The van der Waals surface area contributed by atoms with Crippen molar-refractivity contribution in [2.24, 2.45) is 0 Å². The van der Waals surface area contributed by atoms with Crippen LogP contribution in [0.1, 0.15) is 44.4 Å². The van der Waals surface area contributed by atoms with Crippen LogP contribution in [0.4, 0.5) is 0 Å². The Morgan fingerprint density at radius 3 is 2.30 bits per heavy atom. The number of hydrogen-bond acceptors (Lipinski definition) is 4.